The molecule has 1 fully saturated rings. The van der Waals surface area contributed by atoms with Crippen molar-refractivity contribution in [2.45, 2.75) is 19.4 Å². The fraction of sp³-hybridized carbons (Fsp3) is 0.471. The minimum absolute atomic E-state index is 0.147. The van der Waals surface area contributed by atoms with Crippen LogP contribution in [-0.2, 0) is 14.3 Å². The lowest BCUT2D eigenvalue weighted by Crippen LogP contribution is -2.49. The van der Waals surface area contributed by atoms with Crippen LogP contribution < -0.4 is 10.1 Å². The molecule has 1 heterocycles. The smallest absolute Gasteiger partial charge is 0.306 e. The lowest BCUT2D eigenvalue weighted by molar-refractivity contribution is -0.147. The predicted molar refractivity (Wildman–Crippen MR) is 88.5 cm³/mol. The van der Waals surface area contributed by atoms with Crippen LogP contribution in [0.2, 0.25) is 0 Å². The van der Waals surface area contributed by atoms with E-state index < -0.39 is 12.1 Å². The van der Waals surface area contributed by atoms with Crippen molar-refractivity contribution in [1.29, 1.82) is 0 Å². The van der Waals surface area contributed by atoms with E-state index in [1.165, 1.54) is 4.90 Å². The summed E-state index contributed by atoms with van der Waals surface area (Å²) in [7, 11) is 0. The van der Waals surface area contributed by atoms with Gasteiger partial charge in [0.05, 0.1) is 32.3 Å². The lowest BCUT2D eigenvalue weighted by atomic mass is 10.2. The first kappa shape index (κ1) is 18.7. The third-order valence-electron chi connectivity index (χ3n) is 3.72. The Bertz CT molecular complexity index is 616. The maximum Gasteiger partial charge on any atom is 0.306 e. The van der Waals surface area contributed by atoms with E-state index in [1.807, 2.05) is 6.92 Å². The van der Waals surface area contributed by atoms with E-state index in [4.69, 9.17) is 14.6 Å². The molecule has 0 saturated carbocycles. The molecule has 0 bridgehead atoms. The van der Waals surface area contributed by atoms with E-state index in [2.05, 4.69) is 5.32 Å². The number of nitrogens with one attached hydrogen (secondary N) is 1. The number of carboxylic acid groups (broad SMARTS) is 1. The molecule has 2 rings (SSSR count). The van der Waals surface area contributed by atoms with Crippen LogP contribution in [0.25, 0.3) is 0 Å². The summed E-state index contributed by atoms with van der Waals surface area (Å²) in [4.78, 5) is 36.5. The van der Waals surface area contributed by atoms with Crippen molar-refractivity contribution in [2.75, 3.05) is 32.8 Å². The maximum atomic E-state index is 12.2. The molecule has 136 valence electrons. The molecule has 1 atom stereocenters. The van der Waals surface area contributed by atoms with Crippen LogP contribution in [0, 0.1) is 0 Å². The van der Waals surface area contributed by atoms with E-state index in [-0.39, 0.29) is 37.9 Å². The average molecular weight is 350 g/mol. The highest BCUT2D eigenvalue weighted by molar-refractivity contribution is 5.96. The van der Waals surface area contributed by atoms with Gasteiger partial charge in [-0.15, -0.1) is 0 Å². The third-order valence-corrected chi connectivity index (χ3v) is 3.72. The second-order valence-electron chi connectivity index (χ2n) is 5.57. The van der Waals surface area contributed by atoms with Crippen molar-refractivity contribution < 1.29 is 29.0 Å². The van der Waals surface area contributed by atoms with Gasteiger partial charge in [-0.2, -0.15) is 0 Å². The Kier molecular flexibility index (Phi) is 6.76. The molecule has 1 saturated heterocycles. The Morgan fingerprint density at radius 2 is 2.04 bits per heavy atom. The van der Waals surface area contributed by atoms with Gasteiger partial charge in [0.1, 0.15) is 5.75 Å². The molecule has 1 unspecified atom stereocenters. The zero-order valence-electron chi connectivity index (χ0n) is 14.1. The number of morpholine rings is 1. The van der Waals surface area contributed by atoms with Gasteiger partial charge >= 0.3 is 5.97 Å². The molecule has 0 aliphatic carbocycles. The summed E-state index contributed by atoms with van der Waals surface area (Å²) in [5, 5.41) is 11.4. The molecule has 0 spiro atoms. The number of benzene rings is 1. The molecule has 1 aromatic carbocycles. The number of carbonyl (C=O) groups is 3. The zero-order valence-corrected chi connectivity index (χ0v) is 14.1. The molecule has 2 amide bonds. The number of nitrogens with zero attached hydrogens (tertiary/aromatic N) is 1. The first-order valence-electron chi connectivity index (χ1n) is 8.11. The van der Waals surface area contributed by atoms with Crippen LogP contribution in [0.3, 0.4) is 0 Å². The van der Waals surface area contributed by atoms with E-state index in [1.54, 1.807) is 24.3 Å². The van der Waals surface area contributed by atoms with Gasteiger partial charge in [-0.3, -0.25) is 14.4 Å². The predicted octanol–water partition coefficient (Wildman–Crippen LogP) is 0.517. The summed E-state index contributed by atoms with van der Waals surface area (Å²) in [5.41, 5.74) is 0.432. The van der Waals surface area contributed by atoms with Gasteiger partial charge in [-0.1, -0.05) is 0 Å². The number of hydrogen-bond acceptors (Lipinski definition) is 5. The summed E-state index contributed by atoms with van der Waals surface area (Å²) in [6.45, 7) is 3.15. The van der Waals surface area contributed by atoms with E-state index >= 15 is 0 Å². The fourth-order valence-electron chi connectivity index (χ4n) is 2.50. The molecule has 8 nitrogen and oxygen atoms in total. The molecule has 1 aliphatic rings. The fourth-order valence-corrected chi connectivity index (χ4v) is 2.50. The van der Waals surface area contributed by atoms with Crippen LogP contribution in [0.5, 0.6) is 5.75 Å². The van der Waals surface area contributed by atoms with E-state index in [0.29, 0.717) is 24.5 Å². The van der Waals surface area contributed by atoms with Crippen molar-refractivity contribution in [1.82, 2.24) is 10.2 Å². The van der Waals surface area contributed by atoms with Crippen molar-refractivity contribution in [3.8, 4) is 5.75 Å². The van der Waals surface area contributed by atoms with Crippen LogP contribution in [0.1, 0.15) is 23.7 Å². The Hall–Kier alpha value is -2.61. The summed E-state index contributed by atoms with van der Waals surface area (Å²) in [6.07, 6.45) is -0.667. The molecule has 2 N–H and O–H groups in total. The highest BCUT2D eigenvalue weighted by Crippen LogP contribution is 2.12. The largest absolute Gasteiger partial charge is 0.494 e. The van der Waals surface area contributed by atoms with E-state index in [9.17, 15) is 14.4 Å². The number of carboxylic acids is 1. The van der Waals surface area contributed by atoms with Gasteiger partial charge in [0.15, 0.2) is 0 Å². The Morgan fingerprint density at radius 3 is 2.68 bits per heavy atom. The first-order valence-corrected chi connectivity index (χ1v) is 8.11. The monoisotopic (exact) mass is 350 g/mol. The molecule has 1 aliphatic heterocycles. The number of amides is 2. The summed E-state index contributed by atoms with van der Waals surface area (Å²) >= 11 is 0. The highest BCUT2D eigenvalue weighted by atomic mass is 16.5. The number of hydrogen-bond donors (Lipinski definition) is 2. The molecule has 8 heteroatoms. The summed E-state index contributed by atoms with van der Waals surface area (Å²) < 4.78 is 10.6. The molecular weight excluding hydrogens is 328 g/mol. The Morgan fingerprint density at radius 1 is 1.32 bits per heavy atom. The van der Waals surface area contributed by atoms with Crippen LogP contribution in [-0.4, -0.2) is 66.7 Å². The molecule has 1 aromatic rings. The average Bonchev–Trinajstić information content (AvgIpc) is 2.60. The topological polar surface area (TPSA) is 105 Å². The first-order chi connectivity index (χ1) is 12.0. The minimum atomic E-state index is -0.969. The number of rotatable bonds is 7. The van der Waals surface area contributed by atoms with Crippen molar-refractivity contribution in [3.05, 3.63) is 29.8 Å². The van der Waals surface area contributed by atoms with Crippen LogP contribution in [0.15, 0.2) is 24.3 Å². The van der Waals surface area contributed by atoms with Gasteiger partial charge in [0.25, 0.3) is 5.91 Å². The van der Waals surface area contributed by atoms with Gasteiger partial charge in [0, 0.05) is 18.7 Å². The number of aliphatic carboxylic acids is 1. The molecule has 25 heavy (non-hydrogen) atoms. The second-order valence-corrected chi connectivity index (χ2v) is 5.57. The molecule has 0 aromatic heterocycles. The Labute approximate surface area is 145 Å². The number of ether oxygens (including phenoxy) is 2. The zero-order chi connectivity index (χ0) is 18.2. The summed E-state index contributed by atoms with van der Waals surface area (Å²) in [5.74, 6) is -0.916. The highest BCUT2D eigenvalue weighted by Gasteiger charge is 2.26. The lowest BCUT2D eigenvalue weighted by Gasteiger charge is -2.32. The van der Waals surface area contributed by atoms with Crippen molar-refractivity contribution in [3.63, 3.8) is 0 Å². The van der Waals surface area contributed by atoms with Crippen molar-refractivity contribution >= 4 is 17.8 Å². The van der Waals surface area contributed by atoms with Gasteiger partial charge in [-0.25, -0.2) is 0 Å². The molecule has 0 radical (unpaired) electrons. The SMILES string of the molecule is CCOc1ccc(C(=O)NCC(=O)N2CCOC(CC(=O)O)C2)cc1. The normalized spacial score (nSPS) is 17.0. The van der Waals surface area contributed by atoms with Crippen molar-refractivity contribution in [2.24, 2.45) is 0 Å². The second kappa shape index (κ2) is 9.03. The third kappa shape index (κ3) is 5.75. The maximum absolute atomic E-state index is 12.2. The standard InChI is InChI=1S/C17H22N2O6/c1-2-24-13-5-3-12(4-6-13)17(23)18-10-15(20)19-7-8-25-14(11-19)9-16(21)22/h3-6,14H,2,7-11H2,1H3,(H,18,23)(H,21,22). The van der Waals surface area contributed by atoms with Crippen LogP contribution >= 0.6 is 0 Å². The van der Waals surface area contributed by atoms with Gasteiger partial charge < -0.3 is 24.8 Å². The number of carbonyl (C=O) groups excluding carboxylic acids is 2. The van der Waals surface area contributed by atoms with E-state index in [0.717, 1.165) is 0 Å². The minimum Gasteiger partial charge on any atom is -0.494 e. The summed E-state index contributed by atoms with van der Waals surface area (Å²) in [6, 6.07) is 6.64. The molecular formula is C17H22N2O6. The quantitative estimate of drug-likeness (QED) is 0.743. The van der Waals surface area contributed by atoms with Crippen LogP contribution in [0.4, 0.5) is 0 Å². The van der Waals surface area contributed by atoms with Gasteiger partial charge in [-0.05, 0) is 31.2 Å². The van der Waals surface area contributed by atoms with Gasteiger partial charge in [0.2, 0.25) is 5.91 Å². The Balaban J connectivity index is 1.82.